The molecule has 0 saturated carbocycles. The first kappa shape index (κ1) is 16.4. The monoisotopic (exact) mass is 330 g/mol. The van der Waals surface area contributed by atoms with Gasteiger partial charge in [-0.3, -0.25) is 10.2 Å². The molecule has 128 valence electrons. The van der Waals surface area contributed by atoms with E-state index in [4.69, 9.17) is 4.52 Å². The molecule has 2 amide bonds. The van der Waals surface area contributed by atoms with Gasteiger partial charge in [-0.25, -0.2) is 9.78 Å². The topological polar surface area (TPSA) is 87.4 Å². The van der Waals surface area contributed by atoms with Crippen LogP contribution < -0.4 is 5.32 Å². The van der Waals surface area contributed by atoms with Crippen molar-refractivity contribution in [1.82, 2.24) is 24.9 Å². The maximum absolute atomic E-state index is 12.3. The molecule has 8 nitrogen and oxygen atoms in total. The summed E-state index contributed by atoms with van der Waals surface area (Å²) in [5.74, 6) is 1.84. The number of urea groups is 1. The largest absolute Gasteiger partial charge is 0.338 e. The molecule has 1 saturated heterocycles. The number of carbonyl (C=O) groups excluding carboxylic acids is 1. The number of aromatic nitrogens is 3. The molecule has 2 aromatic heterocycles. The molecule has 1 fully saturated rings. The van der Waals surface area contributed by atoms with E-state index in [1.54, 1.807) is 18.0 Å². The molecule has 3 rings (SSSR count). The van der Waals surface area contributed by atoms with Gasteiger partial charge in [0.25, 0.3) is 0 Å². The Labute approximate surface area is 140 Å². The van der Waals surface area contributed by atoms with Gasteiger partial charge in [0.1, 0.15) is 5.82 Å². The molecule has 8 heteroatoms. The molecule has 1 aliphatic rings. The van der Waals surface area contributed by atoms with E-state index in [0.29, 0.717) is 30.6 Å². The van der Waals surface area contributed by atoms with Crippen LogP contribution >= 0.6 is 0 Å². The van der Waals surface area contributed by atoms with E-state index in [0.717, 1.165) is 18.7 Å². The molecule has 0 radical (unpaired) electrons. The third kappa shape index (κ3) is 3.70. The third-order valence-corrected chi connectivity index (χ3v) is 4.20. The van der Waals surface area contributed by atoms with E-state index >= 15 is 0 Å². The summed E-state index contributed by atoms with van der Waals surface area (Å²) in [6, 6.07) is 3.69. The fourth-order valence-electron chi connectivity index (χ4n) is 2.74. The zero-order valence-corrected chi connectivity index (χ0v) is 14.2. The number of rotatable bonds is 3. The Kier molecular flexibility index (Phi) is 4.75. The minimum Gasteiger partial charge on any atom is -0.338 e. The van der Waals surface area contributed by atoms with Crippen LogP contribution in [0.15, 0.2) is 22.9 Å². The summed E-state index contributed by atoms with van der Waals surface area (Å²) in [4.78, 5) is 24.8. The number of aryl methyl sites for hydroxylation is 2. The molecule has 0 aromatic carbocycles. The average molecular weight is 330 g/mol. The molecule has 0 spiro atoms. The predicted molar refractivity (Wildman–Crippen MR) is 88.6 cm³/mol. The van der Waals surface area contributed by atoms with Crippen molar-refractivity contribution in [3.8, 4) is 0 Å². The highest BCUT2D eigenvalue weighted by atomic mass is 16.5. The number of anilines is 1. The Morgan fingerprint density at radius 2 is 2.04 bits per heavy atom. The second-order valence-corrected chi connectivity index (χ2v) is 6.03. The van der Waals surface area contributed by atoms with Gasteiger partial charge < -0.3 is 9.42 Å². The van der Waals surface area contributed by atoms with Gasteiger partial charge in [-0.05, 0) is 38.5 Å². The van der Waals surface area contributed by atoms with Crippen molar-refractivity contribution in [3.05, 3.63) is 35.6 Å². The molecule has 1 N–H and O–H groups in total. The standard InChI is InChI=1S/C16H22N6O2/c1-11-4-5-17-14(10-11)19-16(23)22-8-6-21(7-9-22)12(2)15-18-13(3)20-24-15/h4-5,10,12H,6-9H2,1-3H3,(H,17,19,23). The highest BCUT2D eigenvalue weighted by molar-refractivity contribution is 5.88. The Morgan fingerprint density at radius 3 is 2.67 bits per heavy atom. The number of piperazine rings is 1. The summed E-state index contributed by atoms with van der Waals surface area (Å²) in [5.41, 5.74) is 1.06. The molecule has 3 heterocycles. The number of pyridine rings is 1. The lowest BCUT2D eigenvalue weighted by Crippen LogP contribution is -2.50. The minimum atomic E-state index is -0.117. The van der Waals surface area contributed by atoms with Crippen LogP contribution in [0.1, 0.15) is 30.2 Å². The van der Waals surface area contributed by atoms with Gasteiger partial charge >= 0.3 is 6.03 Å². The first-order valence-electron chi connectivity index (χ1n) is 8.06. The SMILES string of the molecule is Cc1ccnc(NC(=O)N2CCN(C(C)c3nc(C)no3)CC2)c1. The van der Waals surface area contributed by atoms with Crippen molar-refractivity contribution < 1.29 is 9.32 Å². The lowest BCUT2D eigenvalue weighted by atomic mass is 10.2. The summed E-state index contributed by atoms with van der Waals surface area (Å²) in [7, 11) is 0. The fourth-order valence-corrected chi connectivity index (χ4v) is 2.74. The van der Waals surface area contributed by atoms with Crippen LogP contribution in [0, 0.1) is 13.8 Å². The van der Waals surface area contributed by atoms with Gasteiger partial charge in [0, 0.05) is 32.4 Å². The Hall–Kier alpha value is -2.48. The van der Waals surface area contributed by atoms with Crippen molar-refractivity contribution >= 4 is 11.8 Å². The number of carbonyl (C=O) groups is 1. The molecule has 1 unspecified atom stereocenters. The van der Waals surface area contributed by atoms with Crippen LogP contribution in [0.5, 0.6) is 0 Å². The summed E-state index contributed by atoms with van der Waals surface area (Å²) in [6.07, 6.45) is 1.69. The normalized spacial score (nSPS) is 16.9. The molecule has 0 aliphatic carbocycles. The highest BCUT2D eigenvalue weighted by Gasteiger charge is 2.27. The Balaban J connectivity index is 1.53. The van der Waals surface area contributed by atoms with Gasteiger partial charge in [-0.2, -0.15) is 4.98 Å². The molecule has 1 atom stereocenters. The fraction of sp³-hybridized carbons (Fsp3) is 0.500. The van der Waals surface area contributed by atoms with Crippen LogP contribution in [-0.4, -0.2) is 57.1 Å². The number of amides is 2. The number of nitrogens with one attached hydrogen (secondary N) is 1. The number of nitrogens with zero attached hydrogens (tertiary/aromatic N) is 5. The lowest BCUT2D eigenvalue weighted by Gasteiger charge is -2.36. The van der Waals surface area contributed by atoms with E-state index in [1.165, 1.54) is 0 Å². The van der Waals surface area contributed by atoms with Crippen molar-refractivity contribution in [2.45, 2.75) is 26.8 Å². The molecule has 24 heavy (non-hydrogen) atoms. The molecule has 1 aliphatic heterocycles. The summed E-state index contributed by atoms with van der Waals surface area (Å²) in [5, 5.41) is 6.68. The predicted octanol–water partition coefficient (Wildman–Crippen LogP) is 1.99. The van der Waals surface area contributed by atoms with Crippen LogP contribution in [0.2, 0.25) is 0 Å². The van der Waals surface area contributed by atoms with Crippen molar-refractivity contribution in [3.63, 3.8) is 0 Å². The quantitative estimate of drug-likeness (QED) is 0.926. The van der Waals surface area contributed by atoms with Gasteiger partial charge in [0.05, 0.1) is 6.04 Å². The summed E-state index contributed by atoms with van der Waals surface area (Å²) in [6.45, 7) is 8.64. The molecular weight excluding hydrogens is 308 g/mol. The second-order valence-electron chi connectivity index (χ2n) is 6.03. The first-order valence-corrected chi connectivity index (χ1v) is 8.06. The average Bonchev–Trinajstić information content (AvgIpc) is 3.01. The minimum absolute atomic E-state index is 0.0508. The van der Waals surface area contributed by atoms with Gasteiger partial charge in [-0.15, -0.1) is 0 Å². The summed E-state index contributed by atoms with van der Waals surface area (Å²) >= 11 is 0. The van der Waals surface area contributed by atoms with E-state index < -0.39 is 0 Å². The maximum Gasteiger partial charge on any atom is 0.323 e. The number of hydrogen-bond donors (Lipinski definition) is 1. The van der Waals surface area contributed by atoms with E-state index in [-0.39, 0.29) is 12.1 Å². The lowest BCUT2D eigenvalue weighted by molar-refractivity contribution is 0.104. The van der Waals surface area contributed by atoms with Crippen molar-refractivity contribution in [1.29, 1.82) is 0 Å². The van der Waals surface area contributed by atoms with E-state index in [9.17, 15) is 4.79 Å². The van der Waals surface area contributed by atoms with Crippen molar-refractivity contribution in [2.24, 2.45) is 0 Å². The molecular formula is C16H22N6O2. The third-order valence-electron chi connectivity index (χ3n) is 4.20. The van der Waals surface area contributed by atoms with Gasteiger partial charge in [-0.1, -0.05) is 5.16 Å². The van der Waals surface area contributed by atoms with E-state index in [2.05, 4.69) is 25.3 Å². The van der Waals surface area contributed by atoms with Crippen LogP contribution in [-0.2, 0) is 0 Å². The zero-order chi connectivity index (χ0) is 17.1. The van der Waals surface area contributed by atoms with Crippen LogP contribution in [0.25, 0.3) is 0 Å². The van der Waals surface area contributed by atoms with Gasteiger partial charge in [0.15, 0.2) is 5.82 Å². The summed E-state index contributed by atoms with van der Waals surface area (Å²) < 4.78 is 5.24. The Bertz CT molecular complexity index is 708. The smallest absolute Gasteiger partial charge is 0.323 e. The Morgan fingerprint density at radius 1 is 1.29 bits per heavy atom. The van der Waals surface area contributed by atoms with Gasteiger partial charge in [0.2, 0.25) is 5.89 Å². The van der Waals surface area contributed by atoms with Crippen LogP contribution in [0.3, 0.4) is 0 Å². The molecule has 2 aromatic rings. The maximum atomic E-state index is 12.3. The molecule has 0 bridgehead atoms. The second kappa shape index (κ2) is 6.96. The first-order chi connectivity index (χ1) is 11.5. The van der Waals surface area contributed by atoms with E-state index in [1.807, 2.05) is 26.0 Å². The van der Waals surface area contributed by atoms with Crippen LogP contribution in [0.4, 0.5) is 10.6 Å². The van der Waals surface area contributed by atoms with Crippen molar-refractivity contribution in [2.75, 3.05) is 31.5 Å². The number of hydrogen-bond acceptors (Lipinski definition) is 6. The highest BCUT2D eigenvalue weighted by Crippen LogP contribution is 2.20. The zero-order valence-electron chi connectivity index (χ0n) is 14.2.